The van der Waals surface area contributed by atoms with Crippen LogP contribution in [0, 0.1) is 0 Å². The van der Waals surface area contributed by atoms with Gasteiger partial charge in [0.15, 0.2) is 0 Å². The molecule has 5 rings (SSSR count). The molecular weight excluding hydrogens is 468 g/mol. The average molecular weight is 503 g/mol. The lowest BCUT2D eigenvalue weighted by molar-refractivity contribution is -0.128. The number of hydrogen-bond acceptors (Lipinski definition) is 5. The van der Waals surface area contributed by atoms with E-state index in [4.69, 9.17) is 9.47 Å². The van der Waals surface area contributed by atoms with Crippen LogP contribution in [-0.2, 0) is 11.3 Å². The number of hydrogen-bond donors (Lipinski definition) is 1. The van der Waals surface area contributed by atoms with Gasteiger partial charge in [0.2, 0.25) is 0 Å². The van der Waals surface area contributed by atoms with Crippen molar-refractivity contribution >= 4 is 11.9 Å². The first kappa shape index (κ1) is 24.9. The molecule has 1 saturated heterocycles. The molecule has 1 unspecified atom stereocenters. The molecule has 0 bridgehead atoms. The summed E-state index contributed by atoms with van der Waals surface area (Å²) in [4.78, 5) is 33.2. The summed E-state index contributed by atoms with van der Waals surface area (Å²) in [5.41, 5.74) is 3.35. The minimum atomic E-state index is -0.621. The van der Waals surface area contributed by atoms with Gasteiger partial charge in [0, 0.05) is 37.8 Å². The fraction of sp³-hybridized carbons (Fsp3) is 0.379. The molecule has 2 aromatic rings. The van der Waals surface area contributed by atoms with E-state index in [1.165, 1.54) is 5.56 Å². The molecule has 0 radical (unpaired) electrons. The third kappa shape index (κ3) is 4.81. The van der Waals surface area contributed by atoms with Crippen LogP contribution in [0.1, 0.15) is 30.0 Å². The molecule has 3 amide bonds. The Kier molecular flexibility index (Phi) is 7.19. The molecule has 0 spiro atoms. The highest BCUT2D eigenvalue weighted by molar-refractivity contribution is 6.02. The van der Waals surface area contributed by atoms with Crippen molar-refractivity contribution in [1.82, 2.24) is 20.0 Å². The molecule has 3 heterocycles. The normalized spacial score (nSPS) is 20.6. The molecule has 1 fully saturated rings. The van der Waals surface area contributed by atoms with Gasteiger partial charge in [-0.1, -0.05) is 36.4 Å². The second kappa shape index (κ2) is 10.7. The third-order valence-corrected chi connectivity index (χ3v) is 7.56. The molecule has 194 valence electrons. The summed E-state index contributed by atoms with van der Waals surface area (Å²) >= 11 is 0. The number of nitrogens with zero attached hydrogens (tertiary/aromatic N) is 3. The zero-order chi connectivity index (χ0) is 25.9. The summed E-state index contributed by atoms with van der Waals surface area (Å²) in [5.74, 6) is 1.20. The van der Waals surface area contributed by atoms with Gasteiger partial charge in [-0.15, -0.1) is 6.58 Å². The van der Waals surface area contributed by atoms with Gasteiger partial charge >= 0.3 is 6.03 Å². The van der Waals surface area contributed by atoms with Gasteiger partial charge in [0.25, 0.3) is 5.91 Å². The van der Waals surface area contributed by atoms with Gasteiger partial charge in [-0.3, -0.25) is 14.6 Å². The maximum Gasteiger partial charge on any atom is 0.322 e. The highest BCUT2D eigenvalue weighted by Crippen LogP contribution is 2.41. The average Bonchev–Trinajstić information content (AvgIpc) is 3.27. The minimum Gasteiger partial charge on any atom is -0.497 e. The monoisotopic (exact) mass is 502 g/mol. The van der Waals surface area contributed by atoms with Crippen LogP contribution in [-0.4, -0.2) is 73.1 Å². The number of ether oxygens (including phenoxy) is 2. The Morgan fingerprint density at radius 2 is 1.81 bits per heavy atom. The lowest BCUT2D eigenvalue weighted by atomic mass is 9.94. The standard InChI is InChI=1S/C29H34N4O4/c1-4-14-32-24-19-33(21-12-15-31(16-13-21)18-20-8-6-5-7-9-20)28(34)26(24)27(30-29(32)35)23-17-22(36-2)10-11-25(23)37-3/h4-11,17,21,27H,1,12-16,18-19H2,2-3H3,(H,30,35). The Bertz CT molecular complexity index is 1200. The maximum atomic E-state index is 14.0. The molecule has 8 heteroatoms. The Hall–Kier alpha value is -3.78. The fourth-order valence-electron chi connectivity index (χ4n) is 5.66. The molecule has 37 heavy (non-hydrogen) atoms. The SMILES string of the molecule is C=CCN1C(=O)NC(c2cc(OC)ccc2OC)C2=C1CN(C1CCN(Cc3ccccc3)CC1)C2=O. The van der Waals surface area contributed by atoms with E-state index in [0.717, 1.165) is 38.2 Å². The summed E-state index contributed by atoms with van der Waals surface area (Å²) in [6.45, 7) is 7.34. The predicted octanol–water partition coefficient (Wildman–Crippen LogP) is 3.72. The first-order valence-electron chi connectivity index (χ1n) is 12.7. The van der Waals surface area contributed by atoms with E-state index in [0.29, 0.717) is 35.7 Å². The van der Waals surface area contributed by atoms with Gasteiger partial charge in [-0.05, 0) is 36.6 Å². The Morgan fingerprint density at radius 1 is 1.05 bits per heavy atom. The summed E-state index contributed by atoms with van der Waals surface area (Å²) in [6.07, 6.45) is 3.48. The number of likely N-dealkylation sites (tertiary alicyclic amines) is 1. The van der Waals surface area contributed by atoms with Crippen molar-refractivity contribution in [3.63, 3.8) is 0 Å². The Morgan fingerprint density at radius 3 is 2.49 bits per heavy atom. The number of benzene rings is 2. The lowest BCUT2D eigenvalue weighted by Crippen LogP contribution is -2.47. The number of carbonyl (C=O) groups is 2. The van der Waals surface area contributed by atoms with E-state index in [9.17, 15) is 9.59 Å². The number of urea groups is 1. The molecule has 1 N–H and O–H groups in total. The van der Waals surface area contributed by atoms with E-state index >= 15 is 0 Å². The molecule has 3 aliphatic heterocycles. The summed E-state index contributed by atoms with van der Waals surface area (Å²) in [6, 6.07) is 15.2. The van der Waals surface area contributed by atoms with E-state index in [-0.39, 0.29) is 18.0 Å². The number of carbonyl (C=O) groups excluding carboxylic acids is 2. The molecule has 8 nitrogen and oxygen atoms in total. The van der Waals surface area contributed by atoms with Gasteiger partial charge in [0.1, 0.15) is 11.5 Å². The third-order valence-electron chi connectivity index (χ3n) is 7.56. The summed E-state index contributed by atoms with van der Waals surface area (Å²) in [5, 5.41) is 3.04. The van der Waals surface area contributed by atoms with Crippen molar-refractivity contribution in [3.8, 4) is 11.5 Å². The van der Waals surface area contributed by atoms with Crippen LogP contribution in [0.2, 0.25) is 0 Å². The van der Waals surface area contributed by atoms with Gasteiger partial charge in [-0.2, -0.15) is 0 Å². The second-order valence-corrected chi connectivity index (χ2v) is 9.68. The van der Waals surface area contributed by atoms with Gasteiger partial charge in [-0.25, -0.2) is 4.79 Å². The van der Waals surface area contributed by atoms with E-state index in [2.05, 4.69) is 41.1 Å². The van der Waals surface area contributed by atoms with Crippen LogP contribution >= 0.6 is 0 Å². The lowest BCUT2D eigenvalue weighted by Gasteiger charge is -2.37. The van der Waals surface area contributed by atoms with Crippen molar-refractivity contribution in [2.24, 2.45) is 0 Å². The molecular formula is C29H34N4O4. The predicted molar refractivity (Wildman–Crippen MR) is 141 cm³/mol. The largest absolute Gasteiger partial charge is 0.497 e. The molecule has 0 aromatic heterocycles. The molecule has 0 saturated carbocycles. The van der Waals surface area contributed by atoms with Crippen LogP contribution in [0.4, 0.5) is 4.79 Å². The smallest absolute Gasteiger partial charge is 0.322 e. The molecule has 1 atom stereocenters. The number of rotatable bonds is 8. The number of amides is 3. The zero-order valence-corrected chi connectivity index (χ0v) is 21.5. The summed E-state index contributed by atoms with van der Waals surface area (Å²) in [7, 11) is 3.18. The molecule has 3 aliphatic rings. The highest BCUT2D eigenvalue weighted by Gasteiger charge is 2.46. The van der Waals surface area contributed by atoms with Crippen molar-refractivity contribution in [3.05, 3.63) is 83.6 Å². The van der Waals surface area contributed by atoms with Crippen molar-refractivity contribution in [1.29, 1.82) is 0 Å². The van der Waals surface area contributed by atoms with E-state index < -0.39 is 6.04 Å². The van der Waals surface area contributed by atoms with E-state index in [1.807, 2.05) is 17.0 Å². The Balaban J connectivity index is 1.39. The van der Waals surface area contributed by atoms with E-state index in [1.54, 1.807) is 37.3 Å². The van der Waals surface area contributed by atoms with Gasteiger partial charge < -0.3 is 19.7 Å². The molecule has 2 aromatic carbocycles. The topological polar surface area (TPSA) is 74.4 Å². The first-order valence-corrected chi connectivity index (χ1v) is 12.7. The highest BCUT2D eigenvalue weighted by atomic mass is 16.5. The van der Waals surface area contributed by atoms with Crippen LogP contribution in [0.3, 0.4) is 0 Å². The number of piperidine rings is 1. The van der Waals surface area contributed by atoms with Crippen molar-refractivity contribution in [2.75, 3.05) is 40.4 Å². The number of methoxy groups -OCH3 is 2. The summed E-state index contributed by atoms with van der Waals surface area (Å²) < 4.78 is 11.0. The van der Waals surface area contributed by atoms with Crippen LogP contribution < -0.4 is 14.8 Å². The van der Waals surface area contributed by atoms with Crippen LogP contribution in [0.15, 0.2) is 72.5 Å². The fourth-order valence-corrected chi connectivity index (χ4v) is 5.66. The second-order valence-electron chi connectivity index (χ2n) is 9.68. The Labute approximate surface area is 218 Å². The molecule has 0 aliphatic carbocycles. The van der Waals surface area contributed by atoms with Crippen LogP contribution in [0.25, 0.3) is 0 Å². The van der Waals surface area contributed by atoms with Crippen LogP contribution in [0.5, 0.6) is 11.5 Å². The zero-order valence-electron chi connectivity index (χ0n) is 21.5. The minimum absolute atomic E-state index is 0.0274. The van der Waals surface area contributed by atoms with Crippen molar-refractivity contribution < 1.29 is 19.1 Å². The van der Waals surface area contributed by atoms with Gasteiger partial charge in [0.05, 0.1) is 38.1 Å². The first-order chi connectivity index (χ1) is 18.0. The number of nitrogens with one attached hydrogen (secondary N) is 1. The quantitative estimate of drug-likeness (QED) is 0.557. The van der Waals surface area contributed by atoms with Crippen molar-refractivity contribution in [2.45, 2.75) is 31.5 Å². The maximum absolute atomic E-state index is 14.0.